The Morgan fingerprint density at radius 1 is 0.903 bits per heavy atom. The highest BCUT2D eigenvalue weighted by Gasteiger charge is 2.31. The van der Waals surface area contributed by atoms with Crippen LogP contribution in [0.15, 0.2) is 82.4 Å². The van der Waals surface area contributed by atoms with Crippen molar-refractivity contribution in [1.82, 2.24) is 14.6 Å². The van der Waals surface area contributed by atoms with Gasteiger partial charge in [-0.05, 0) is 27.1 Å². The summed E-state index contributed by atoms with van der Waals surface area (Å²) in [7, 11) is -3.82. The largest absolute Gasteiger partial charge is 0.367 e. The van der Waals surface area contributed by atoms with E-state index in [1.807, 2.05) is 60.7 Å². The molecule has 0 bridgehead atoms. The Morgan fingerprint density at radius 2 is 1.45 bits per heavy atom. The molecule has 1 N–H and O–H groups in total. The van der Waals surface area contributed by atoms with Crippen molar-refractivity contribution in [3.63, 3.8) is 0 Å². The Hall–Kier alpha value is -2.26. The normalized spacial score (nSPS) is 14.7. The molecule has 3 aromatic rings. The van der Waals surface area contributed by atoms with Crippen LogP contribution in [0.2, 0.25) is 0 Å². The molecule has 162 valence electrons. The molecule has 0 spiro atoms. The SMILES string of the molecule is O=S(=O)(c1cncc(Br)c1N1CCNCC1)N(Cc1ccccc1)Cc1ccccc1. The lowest BCUT2D eigenvalue weighted by molar-refractivity contribution is 0.400. The number of piperazine rings is 1. The number of halogens is 1. The molecule has 0 unspecified atom stereocenters. The molecule has 4 rings (SSSR count). The molecular formula is C23H25BrN4O2S. The molecule has 0 amide bonds. The van der Waals surface area contributed by atoms with Gasteiger partial charge in [-0.25, -0.2) is 8.42 Å². The molecule has 6 nitrogen and oxygen atoms in total. The number of hydrogen-bond acceptors (Lipinski definition) is 5. The predicted molar refractivity (Wildman–Crippen MR) is 126 cm³/mol. The molecule has 2 heterocycles. The first kappa shape index (κ1) is 22.0. The Labute approximate surface area is 192 Å². The van der Waals surface area contributed by atoms with Gasteiger partial charge in [-0.2, -0.15) is 4.31 Å². The van der Waals surface area contributed by atoms with E-state index < -0.39 is 10.0 Å². The van der Waals surface area contributed by atoms with Crippen molar-refractivity contribution < 1.29 is 8.42 Å². The van der Waals surface area contributed by atoms with Gasteiger partial charge in [-0.1, -0.05) is 60.7 Å². The molecule has 8 heteroatoms. The Kier molecular flexibility index (Phi) is 7.02. The van der Waals surface area contributed by atoms with Crippen LogP contribution in [0.25, 0.3) is 0 Å². The number of nitrogens with one attached hydrogen (secondary N) is 1. The van der Waals surface area contributed by atoms with Crippen molar-refractivity contribution in [2.24, 2.45) is 0 Å². The van der Waals surface area contributed by atoms with E-state index in [0.717, 1.165) is 37.3 Å². The topological polar surface area (TPSA) is 65.5 Å². The highest BCUT2D eigenvalue weighted by Crippen LogP contribution is 2.35. The molecule has 2 aromatic carbocycles. The molecule has 31 heavy (non-hydrogen) atoms. The van der Waals surface area contributed by atoms with Crippen LogP contribution in [-0.4, -0.2) is 43.9 Å². The lowest BCUT2D eigenvalue weighted by Crippen LogP contribution is -2.44. The van der Waals surface area contributed by atoms with Crippen LogP contribution in [0.5, 0.6) is 0 Å². The zero-order valence-corrected chi connectivity index (χ0v) is 19.5. The van der Waals surface area contributed by atoms with Crippen LogP contribution in [-0.2, 0) is 23.1 Å². The summed E-state index contributed by atoms with van der Waals surface area (Å²) in [6, 6.07) is 19.4. The van der Waals surface area contributed by atoms with E-state index >= 15 is 0 Å². The minimum absolute atomic E-state index is 0.232. The van der Waals surface area contributed by atoms with Gasteiger partial charge in [0.1, 0.15) is 4.90 Å². The zero-order chi connectivity index (χ0) is 21.7. The lowest BCUT2D eigenvalue weighted by atomic mass is 10.2. The summed E-state index contributed by atoms with van der Waals surface area (Å²) in [6.07, 6.45) is 3.13. The number of pyridine rings is 1. The Balaban J connectivity index is 1.76. The van der Waals surface area contributed by atoms with Gasteiger partial charge in [0.2, 0.25) is 10.0 Å². The van der Waals surface area contributed by atoms with Crippen LogP contribution in [0, 0.1) is 0 Å². The maximum atomic E-state index is 14.0. The van der Waals surface area contributed by atoms with Crippen LogP contribution < -0.4 is 10.2 Å². The van der Waals surface area contributed by atoms with Gasteiger partial charge in [-0.3, -0.25) is 4.98 Å². The minimum Gasteiger partial charge on any atom is -0.367 e. The highest BCUT2D eigenvalue weighted by atomic mass is 79.9. The number of benzene rings is 2. The summed E-state index contributed by atoms with van der Waals surface area (Å²) in [4.78, 5) is 6.55. The molecule has 0 atom stereocenters. The lowest BCUT2D eigenvalue weighted by Gasteiger charge is -2.32. The molecule has 0 aliphatic carbocycles. The van der Waals surface area contributed by atoms with E-state index in [1.54, 1.807) is 6.20 Å². The van der Waals surface area contributed by atoms with Gasteiger partial charge in [0.05, 0.1) is 10.2 Å². The number of aromatic nitrogens is 1. The summed E-state index contributed by atoms with van der Waals surface area (Å²) in [5.41, 5.74) is 2.56. The van der Waals surface area contributed by atoms with Crippen molar-refractivity contribution in [3.8, 4) is 0 Å². The second-order valence-electron chi connectivity index (χ2n) is 7.45. The Bertz CT molecular complexity index is 1060. The second-order valence-corrected chi connectivity index (χ2v) is 10.2. The maximum Gasteiger partial charge on any atom is 0.247 e. The van der Waals surface area contributed by atoms with Gasteiger partial charge < -0.3 is 10.2 Å². The van der Waals surface area contributed by atoms with E-state index in [1.165, 1.54) is 10.5 Å². The van der Waals surface area contributed by atoms with Crippen LogP contribution in [0.3, 0.4) is 0 Å². The minimum atomic E-state index is -3.82. The van der Waals surface area contributed by atoms with Gasteiger partial charge >= 0.3 is 0 Å². The molecule has 0 radical (unpaired) electrons. The first-order chi connectivity index (χ1) is 15.1. The van der Waals surface area contributed by atoms with Crippen LogP contribution in [0.4, 0.5) is 5.69 Å². The summed E-state index contributed by atoms with van der Waals surface area (Å²) in [6.45, 7) is 3.67. The van der Waals surface area contributed by atoms with E-state index in [0.29, 0.717) is 10.2 Å². The molecule has 0 saturated carbocycles. The summed E-state index contributed by atoms with van der Waals surface area (Å²) in [5.74, 6) is 0. The van der Waals surface area contributed by atoms with E-state index in [4.69, 9.17) is 0 Å². The number of rotatable bonds is 7. The van der Waals surface area contributed by atoms with Crippen LogP contribution in [0.1, 0.15) is 11.1 Å². The molecule has 1 fully saturated rings. The number of anilines is 1. The molecule has 1 aromatic heterocycles. The molecular weight excluding hydrogens is 476 g/mol. The number of sulfonamides is 1. The van der Waals surface area contributed by atoms with E-state index in [2.05, 4.69) is 31.1 Å². The molecule has 1 aliphatic rings. The van der Waals surface area contributed by atoms with Crippen molar-refractivity contribution in [2.75, 3.05) is 31.1 Å². The smallest absolute Gasteiger partial charge is 0.247 e. The molecule has 1 saturated heterocycles. The van der Waals surface area contributed by atoms with Crippen molar-refractivity contribution in [2.45, 2.75) is 18.0 Å². The average molecular weight is 501 g/mol. The Morgan fingerprint density at radius 3 is 2.00 bits per heavy atom. The summed E-state index contributed by atoms with van der Waals surface area (Å²) >= 11 is 3.55. The van der Waals surface area contributed by atoms with Gasteiger partial charge in [0.15, 0.2) is 0 Å². The zero-order valence-electron chi connectivity index (χ0n) is 17.1. The number of nitrogens with zero attached hydrogens (tertiary/aromatic N) is 3. The second kappa shape index (κ2) is 9.91. The van der Waals surface area contributed by atoms with Gasteiger partial charge in [-0.15, -0.1) is 0 Å². The van der Waals surface area contributed by atoms with Crippen molar-refractivity contribution >= 4 is 31.6 Å². The number of hydrogen-bond donors (Lipinski definition) is 1. The van der Waals surface area contributed by atoms with Crippen molar-refractivity contribution in [1.29, 1.82) is 0 Å². The monoisotopic (exact) mass is 500 g/mol. The summed E-state index contributed by atoms with van der Waals surface area (Å²) in [5, 5.41) is 3.32. The third-order valence-electron chi connectivity index (χ3n) is 5.29. The quantitative estimate of drug-likeness (QED) is 0.536. The third-order valence-corrected chi connectivity index (χ3v) is 7.67. The van der Waals surface area contributed by atoms with Gasteiger partial charge in [0.25, 0.3) is 0 Å². The van der Waals surface area contributed by atoms with E-state index in [-0.39, 0.29) is 18.0 Å². The maximum absolute atomic E-state index is 14.0. The first-order valence-corrected chi connectivity index (χ1v) is 12.5. The van der Waals surface area contributed by atoms with Gasteiger partial charge in [0, 0.05) is 51.7 Å². The fourth-order valence-electron chi connectivity index (χ4n) is 3.73. The van der Waals surface area contributed by atoms with Crippen molar-refractivity contribution in [3.05, 3.63) is 88.7 Å². The predicted octanol–water partition coefficient (Wildman–Crippen LogP) is 3.64. The molecule has 1 aliphatic heterocycles. The first-order valence-electron chi connectivity index (χ1n) is 10.2. The average Bonchev–Trinajstić information content (AvgIpc) is 2.80. The third kappa shape index (κ3) is 5.15. The fraction of sp³-hybridized carbons (Fsp3) is 0.261. The van der Waals surface area contributed by atoms with E-state index in [9.17, 15) is 8.42 Å². The highest BCUT2D eigenvalue weighted by molar-refractivity contribution is 9.10. The van der Waals surface area contributed by atoms with Crippen LogP contribution >= 0.6 is 15.9 Å². The summed E-state index contributed by atoms with van der Waals surface area (Å²) < 4.78 is 30.2. The fourth-order valence-corrected chi connectivity index (χ4v) is 6.04. The standard InChI is InChI=1S/C23H25BrN4O2S/c24-21-15-26-16-22(23(21)27-13-11-25-12-14-27)31(29,30)28(17-19-7-3-1-4-8-19)18-20-9-5-2-6-10-20/h1-10,15-16,25H,11-14,17-18H2.